The van der Waals surface area contributed by atoms with E-state index in [1.54, 1.807) is 6.07 Å². The number of rotatable bonds is 6. The Morgan fingerprint density at radius 1 is 1.32 bits per heavy atom. The molecule has 0 aliphatic rings. The quantitative estimate of drug-likeness (QED) is 0.872. The van der Waals surface area contributed by atoms with Crippen molar-refractivity contribution in [1.29, 1.82) is 0 Å². The SMILES string of the molecule is O=S(=O)(Cc1cccc(F)c1)NCCc1cnoc1. The van der Waals surface area contributed by atoms with Crippen LogP contribution in [0.3, 0.4) is 0 Å². The second-order valence-electron chi connectivity index (χ2n) is 4.07. The van der Waals surface area contributed by atoms with Crippen LogP contribution in [0.1, 0.15) is 11.1 Å². The lowest BCUT2D eigenvalue weighted by atomic mass is 10.2. The number of aromatic nitrogens is 1. The van der Waals surface area contributed by atoms with E-state index < -0.39 is 15.8 Å². The highest BCUT2D eigenvalue weighted by Gasteiger charge is 2.11. The first-order valence-corrected chi connectivity index (χ1v) is 7.30. The summed E-state index contributed by atoms with van der Waals surface area (Å²) in [6, 6.07) is 5.54. The van der Waals surface area contributed by atoms with Gasteiger partial charge in [0.1, 0.15) is 12.1 Å². The molecule has 1 heterocycles. The smallest absolute Gasteiger partial charge is 0.215 e. The molecule has 0 fully saturated rings. The van der Waals surface area contributed by atoms with Gasteiger partial charge in [-0.05, 0) is 24.1 Å². The Kier molecular flexibility index (Phi) is 4.28. The van der Waals surface area contributed by atoms with Crippen molar-refractivity contribution >= 4 is 10.0 Å². The molecule has 5 nitrogen and oxygen atoms in total. The summed E-state index contributed by atoms with van der Waals surface area (Å²) in [7, 11) is -3.47. The Labute approximate surface area is 110 Å². The molecule has 0 atom stereocenters. The maximum atomic E-state index is 12.9. The fraction of sp³-hybridized carbons (Fsp3) is 0.250. The van der Waals surface area contributed by atoms with Crippen LogP contribution in [-0.2, 0) is 22.2 Å². The molecule has 0 saturated heterocycles. The lowest BCUT2D eigenvalue weighted by molar-refractivity contribution is 0.419. The normalized spacial score (nSPS) is 11.6. The molecule has 0 spiro atoms. The van der Waals surface area contributed by atoms with Gasteiger partial charge in [0.05, 0.1) is 11.9 Å². The predicted molar refractivity (Wildman–Crippen MR) is 67.2 cm³/mol. The topological polar surface area (TPSA) is 72.2 Å². The van der Waals surface area contributed by atoms with E-state index >= 15 is 0 Å². The van der Waals surface area contributed by atoms with Gasteiger partial charge >= 0.3 is 0 Å². The van der Waals surface area contributed by atoms with Crippen molar-refractivity contribution in [2.45, 2.75) is 12.2 Å². The minimum atomic E-state index is -3.47. The van der Waals surface area contributed by atoms with Crippen molar-refractivity contribution < 1.29 is 17.3 Å². The van der Waals surface area contributed by atoms with Crippen molar-refractivity contribution in [3.8, 4) is 0 Å². The van der Waals surface area contributed by atoms with Crippen LogP contribution in [0.15, 0.2) is 41.2 Å². The number of nitrogens with one attached hydrogen (secondary N) is 1. The monoisotopic (exact) mass is 284 g/mol. The van der Waals surface area contributed by atoms with Crippen LogP contribution < -0.4 is 4.72 Å². The Balaban J connectivity index is 1.88. The largest absolute Gasteiger partial charge is 0.364 e. The molecule has 0 radical (unpaired) electrons. The zero-order chi connectivity index (χ0) is 13.7. The van der Waals surface area contributed by atoms with Gasteiger partial charge in [-0.3, -0.25) is 0 Å². The molecule has 2 rings (SSSR count). The number of sulfonamides is 1. The summed E-state index contributed by atoms with van der Waals surface area (Å²) in [5.41, 5.74) is 1.23. The van der Waals surface area contributed by atoms with Gasteiger partial charge in [0.25, 0.3) is 0 Å². The first-order valence-electron chi connectivity index (χ1n) is 5.65. The van der Waals surface area contributed by atoms with E-state index in [1.165, 1.54) is 30.7 Å². The van der Waals surface area contributed by atoms with Crippen molar-refractivity contribution in [3.05, 3.63) is 53.7 Å². The van der Waals surface area contributed by atoms with Crippen LogP contribution in [0.2, 0.25) is 0 Å². The molecule has 2 aromatic rings. The average Bonchev–Trinajstić information content (AvgIpc) is 2.81. The van der Waals surface area contributed by atoms with E-state index in [4.69, 9.17) is 0 Å². The van der Waals surface area contributed by atoms with E-state index in [0.29, 0.717) is 12.0 Å². The number of halogens is 1. The third-order valence-electron chi connectivity index (χ3n) is 2.46. The lowest BCUT2D eigenvalue weighted by Crippen LogP contribution is -2.27. The molecular weight excluding hydrogens is 271 g/mol. The summed E-state index contributed by atoms with van der Waals surface area (Å²) < 4.78 is 43.6. The summed E-state index contributed by atoms with van der Waals surface area (Å²) in [6.45, 7) is 0.249. The second kappa shape index (κ2) is 5.94. The second-order valence-corrected chi connectivity index (χ2v) is 5.87. The summed E-state index contributed by atoms with van der Waals surface area (Å²) >= 11 is 0. The summed E-state index contributed by atoms with van der Waals surface area (Å²) in [5, 5.41) is 3.52. The molecule has 7 heteroatoms. The van der Waals surface area contributed by atoms with Crippen LogP contribution in [0, 0.1) is 5.82 Å². The van der Waals surface area contributed by atoms with Crippen LogP contribution in [-0.4, -0.2) is 20.1 Å². The molecule has 0 saturated carbocycles. The van der Waals surface area contributed by atoms with Crippen molar-refractivity contribution in [3.63, 3.8) is 0 Å². The van der Waals surface area contributed by atoms with E-state index in [1.807, 2.05) is 0 Å². The van der Waals surface area contributed by atoms with Gasteiger partial charge in [0, 0.05) is 12.1 Å². The zero-order valence-corrected chi connectivity index (χ0v) is 10.9. The molecule has 1 aromatic carbocycles. The molecule has 0 aliphatic heterocycles. The summed E-state index contributed by atoms with van der Waals surface area (Å²) in [6.07, 6.45) is 3.48. The summed E-state index contributed by atoms with van der Waals surface area (Å²) in [5.74, 6) is -0.689. The Hall–Kier alpha value is -1.73. The Morgan fingerprint density at radius 3 is 2.84 bits per heavy atom. The minimum absolute atomic E-state index is 0.242. The van der Waals surface area contributed by atoms with Crippen LogP contribution >= 0.6 is 0 Å². The van der Waals surface area contributed by atoms with Gasteiger partial charge < -0.3 is 4.52 Å². The van der Waals surface area contributed by atoms with Crippen molar-refractivity contribution in [2.75, 3.05) is 6.54 Å². The van der Waals surface area contributed by atoms with E-state index in [0.717, 1.165) is 5.56 Å². The standard InChI is InChI=1S/C12H13FN2O3S/c13-12-3-1-2-10(6-12)9-19(16,17)15-5-4-11-7-14-18-8-11/h1-3,6-8,15H,4-5,9H2. The van der Waals surface area contributed by atoms with Crippen LogP contribution in [0.25, 0.3) is 0 Å². The van der Waals surface area contributed by atoms with E-state index in [-0.39, 0.29) is 12.3 Å². The average molecular weight is 284 g/mol. The highest BCUT2D eigenvalue weighted by Crippen LogP contribution is 2.07. The van der Waals surface area contributed by atoms with Gasteiger partial charge in [0.2, 0.25) is 10.0 Å². The molecule has 0 amide bonds. The van der Waals surface area contributed by atoms with E-state index in [2.05, 4.69) is 14.4 Å². The molecule has 1 N–H and O–H groups in total. The minimum Gasteiger partial charge on any atom is -0.364 e. The number of hydrogen-bond acceptors (Lipinski definition) is 4. The molecular formula is C12H13FN2O3S. The Bertz CT molecular complexity index is 626. The third kappa shape index (κ3) is 4.46. The summed E-state index contributed by atoms with van der Waals surface area (Å²) in [4.78, 5) is 0. The van der Waals surface area contributed by atoms with Gasteiger partial charge in [-0.1, -0.05) is 17.3 Å². The molecule has 0 aliphatic carbocycles. The fourth-order valence-corrected chi connectivity index (χ4v) is 2.73. The third-order valence-corrected chi connectivity index (χ3v) is 3.82. The maximum Gasteiger partial charge on any atom is 0.215 e. The van der Waals surface area contributed by atoms with Crippen LogP contribution in [0.5, 0.6) is 0 Å². The molecule has 102 valence electrons. The van der Waals surface area contributed by atoms with Crippen LogP contribution in [0.4, 0.5) is 4.39 Å². The highest BCUT2D eigenvalue weighted by atomic mass is 32.2. The highest BCUT2D eigenvalue weighted by molar-refractivity contribution is 7.88. The number of benzene rings is 1. The van der Waals surface area contributed by atoms with Gasteiger partial charge in [-0.2, -0.15) is 0 Å². The van der Waals surface area contributed by atoms with Crippen molar-refractivity contribution in [2.24, 2.45) is 0 Å². The first-order chi connectivity index (χ1) is 9.05. The molecule has 0 bridgehead atoms. The fourth-order valence-electron chi connectivity index (χ4n) is 1.60. The number of hydrogen-bond donors (Lipinski definition) is 1. The zero-order valence-electron chi connectivity index (χ0n) is 10.0. The first kappa shape index (κ1) is 13.7. The van der Waals surface area contributed by atoms with Gasteiger partial charge in [0.15, 0.2) is 0 Å². The van der Waals surface area contributed by atoms with Crippen molar-refractivity contribution in [1.82, 2.24) is 9.88 Å². The molecule has 0 unspecified atom stereocenters. The lowest BCUT2D eigenvalue weighted by Gasteiger charge is -2.06. The Morgan fingerprint density at radius 2 is 2.16 bits per heavy atom. The van der Waals surface area contributed by atoms with Gasteiger partial charge in [-0.25, -0.2) is 17.5 Å². The molecule has 19 heavy (non-hydrogen) atoms. The van der Waals surface area contributed by atoms with Gasteiger partial charge in [-0.15, -0.1) is 0 Å². The number of nitrogens with zero attached hydrogens (tertiary/aromatic N) is 1. The van der Waals surface area contributed by atoms with E-state index in [9.17, 15) is 12.8 Å². The molecule has 1 aromatic heterocycles. The maximum absolute atomic E-state index is 12.9. The predicted octanol–water partition coefficient (Wildman–Crippen LogP) is 1.48.